The van der Waals surface area contributed by atoms with Crippen molar-refractivity contribution in [2.45, 2.75) is 18.9 Å². The van der Waals surface area contributed by atoms with E-state index in [1.165, 1.54) is 0 Å². The van der Waals surface area contributed by atoms with Gasteiger partial charge in [-0.25, -0.2) is 4.98 Å². The van der Waals surface area contributed by atoms with Crippen molar-refractivity contribution in [2.75, 3.05) is 46.9 Å². The summed E-state index contributed by atoms with van der Waals surface area (Å²) in [6.45, 7) is 4.94. The molecular weight excluding hydrogens is 278 g/mol. The van der Waals surface area contributed by atoms with Crippen molar-refractivity contribution in [1.29, 1.82) is 0 Å². The van der Waals surface area contributed by atoms with E-state index in [4.69, 9.17) is 9.15 Å². The summed E-state index contributed by atoms with van der Waals surface area (Å²) in [7, 11) is 4.19. The number of ether oxygens (including phenoxy) is 1. The summed E-state index contributed by atoms with van der Waals surface area (Å²) in [5.74, 6) is 0.847. The molecule has 2 aromatic rings. The number of morpholine rings is 1. The molecule has 1 aromatic heterocycles. The molecule has 5 nitrogen and oxygen atoms in total. The molecule has 0 bridgehead atoms. The Bertz CT molecular complexity index is 563. The summed E-state index contributed by atoms with van der Waals surface area (Å²) in [5, 5.41) is 0. The fourth-order valence-corrected chi connectivity index (χ4v) is 2.98. The molecule has 1 fully saturated rings. The Morgan fingerprint density at radius 3 is 3.00 bits per heavy atom. The third kappa shape index (κ3) is 4.06. The minimum Gasteiger partial charge on any atom is -0.441 e. The fraction of sp³-hybridized carbons (Fsp3) is 0.588. The van der Waals surface area contributed by atoms with Crippen LogP contribution in [0.2, 0.25) is 0 Å². The van der Waals surface area contributed by atoms with Gasteiger partial charge in [-0.15, -0.1) is 0 Å². The van der Waals surface area contributed by atoms with Crippen molar-refractivity contribution in [3.63, 3.8) is 0 Å². The van der Waals surface area contributed by atoms with E-state index in [2.05, 4.69) is 28.9 Å². The SMILES string of the molecule is CN(C)C[C@H]1CN(CCCc2nc3ccccc3o2)CCO1. The lowest BCUT2D eigenvalue weighted by Crippen LogP contribution is -2.46. The number of oxazole rings is 1. The Kier molecular flexibility index (Phi) is 5.08. The van der Waals surface area contributed by atoms with Crippen molar-refractivity contribution >= 4 is 11.1 Å². The summed E-state index contributed by atoms with van der Waals surface area (Å²) in [4.78, 5) is 9.21. The highest BCUT2D eigenvalue weighted by Gasteiger charge is 2.20. The first-order valence-corrected chi connectivity index (χ1v) is 8.04. The maximum Gasteiger partial charge on any atom is 0.195 e. The molecule has 1 aliphatic heterocycles. The second-order valence-corrected chi connectivity index (χ2v) is 6.23. The molecule has 1 atom stereocenters. The summed E-state index contributed by atoms with van der Waals surface area (Å²) in [6, 6.07) is 7.94. The number of benzene rings is 1. The molecule has 5 heteroatoms. The molecule has 0 unspecified atom stereocenters. The predicted molar refractivity (Wildman–Crippen MR) is 87.1 cm³/mol. The first-order chi connectivity index (χ1) is 10.7. The van der Waals surface area contributed by atoms with Gasteiger partial charge < -0.3 is 14.1 Å². The normalized spacial score (nSPS) is 20.0. The number of hydrogen-bond donors (Lipinski definition) is 0. The maximum absolute atomic E-state index is 5.81. The summed E-state index contributed by atoms with van der Waals surface area (Å²) in [5.41, 5.74) is 1.84. The summed E-state index contributed by atoms with van der Waals surface area (Å²) >= 11 is 0. The lowest BCUT2D eigenvalue weighted by atomic mass is 10.2. The highest BCUT2D eigenvalue weighted by atomic mass is 16.5. The van der Waals surface area contributed by atoms with E-state index in [0.29, 0.717) is 6.10 Å². The monoisotopic (exact) mass is 303 g/mol. The van der Waals surface area contributed by atoms with Gasteiger partial charge >= 0.3 is 0 Å². The van der Waals surface area contributed by atoms with Crippen LogP contribution in [0.3, 0.4) is 0 Å². The Morgan fingerprint density at radius 2 is 2.18 bits per heavy atom. The van der Waals surface area contributed by atoms with Crippen molar-refractivity contribution in [2.24, 2.45) is 0 Å². The number of fused-ring (bicyclic) bond motifs is 1. The van der Waals surface area contributed by atoms with Crippen molar-refractivity contribution in [3.05, 3.63) is 30.2 Å². The highest BCUT2D eigenvalue weighted by Crippen LogP contribution is 2.16. The lowest BCUT2D eigenvalue weighted by molar-refractivity contribution is -0.0382. The number of aromatic nitrogens is 1. The number of likely N-dealkylation sites (N-methyl/N-ethyl adjacent to an activating group) is 1. The van der Waals surface area contributed by atoms with Gasteiger partial charge in [-0.3, -0.25) is 4.90 Å². The third-order valence-electron chi connectivity index (χ3n) is 3.99. The van der Waals surface area contributed by atoms with Crippen LogP contribution in [0.25, 0.3) is 11.1 Å². The van der Waals surface area contributed by atoms with Crippen molar-refractivity contribution in [3.8, 4) is 0 Å². The lowest BCUT2D eigenvalue weighted by Gasteiger charge is -2.34. The molecule has 0 radical (unpaired) electrons. The smallest absolute Gasteiger partial charge is 0.195 e. The number of rotatable bonds is 6. The number of hydrogen-bond acceptors (Lipinski definition) is 5. The van der Waals surface area contributed by atoms with Gasteiger partial charge in [0.2, 0.25) is 0 Å². The molecule has 0 saturated carbocycles. The molecule has 0 N–H and O–H groups in total. The standard InChI is InChI=1S/C17H25N3O2/c1-19(2)12-14-13-20(10-11-21-14)9-5-8-17-18-15-6-3-4-7-16(15)22-17/h3-4,6-7,14H,5,8-13H2,1-2H3/t14-/m0/s1. The van der Waals surface area contributed by atoms with Gasteiger partial charge in [0.1, 0.15) is 5.52 Å². The minimum absolute atomic E-state index is 0.327. The fourth-order valence-electron chi connectivity index (χ4n) is 2.98. The van der Waals surface area contributed by atoms with Crippen LogP contribution in [0.5, 0.6) is 0 Å². The van der Waals surface area contributed by atoms with E-state index in [-0.39, 0.29) is 0 Å². The van der Waals surface area contributed by atoms with Crippen LogP contribution in [-0.2, 0) is 11.2 Å². The van der Waals surface area contributed by atoms with Gasteiger partial charge in [0.25, 0.3) is 0 Å². The topological polar surface area (TPSA) is 41.7 Å². The Morgan fingerprint density at radius 1 is 1.32 bits per heavy atom. The zero-order valence-electron chi connectivity index (χ0n) is 13.5. The maximum atomic E-state index is 5.81. The zero-order valence-corrected chi connectivity index (χ0v) is 13.5. The molecule has 1 saturated heterocycles. The van der Waals surface area contributed by atoms with Crippen LogP contribution < -0.4 is 0 Å². The first kappa shape index (κ1) is 15.5. The molecule has 3 rings (SSSR count). The molecule has 1 aliphatic rings. The minimum atomic E-state index is 0.327. The van der Waals surface area contributed by atoms with Gasteiger partial charge in [0, 0.05) is 26.1 Å². The van der Waals surface area contributed by atoms with Crippen LogP contribution in [0.4, 0.5) is 0 Å². The van der Waals surface area contributed by atoms with Crippen LogP contribution in [0.15, 0.2) is 28.7 Å². The van der Waals surface area contributed by atoms with Crippen LogP contribution in [0.1, 0.15) is 12.3 Å². The Labute approximate surface area is 131 Å². The van der Waals surface area contributed by atoms with E-state index >= 15 is 0 Å². The van der Waals surface area contributed by atoms with Crippen LogP contribution in [0, 0.1) is 0 Å². The Hall–Kier alpha value is -1.43. The van der Waals surface area contributed by atoms with E-state index < -0.39 is 0 Å². The predicted octanol–water partition coefficient (Wildman–Crippen LogP) is 2.02. The van der Waals surface area contributed by atoms with E-state index in [9.17, 15) is 0 Å². The Balaban J connectivity index is 1.46. The highest BCUT2D eigenvalue weighted by molar-refractivity contribution is 5.72. The average Bonchev–Trinajstić information content (AvgIpc) is 2.89. The molecular formula is C17H25N3O2. The average molecular weight is 303 g/mol. The second-order valence-electron chi connectivity index (χ2n) is 6.23. The van der Waals surface area contributed by atoms with Gasteiger partial charge in [-0.05, 0) is 39.2 Å². The van der Waals surface area contributed by atoms with E-state index in [1.807, 2.05) is 24.3 Å². The van der Waals surface area contributed by atoms with Gasteiger partial charge in [-0.2, -0.15) is 0 Å². The first-order valence-electron chi connectivity index (χ1n) is 8.04. The summed E-state index contributed by atoms with van der Waals surface area (Å²) < 4.78 is 11.6. The molecule has 120 valence electrons. The van der Waals surface area contributed by atoms with Crippen LogP contribution in [-0.4, -0.2) is 67.8 Å². The number of aryl methyl sites for hydroxylation is 1. The van der Waals surface area contributed by atoms with Crippen molar-refractivity contribution in [1.82, 2.24) is 14.8 Å². The second kappa shape index (κ2) is 7.22. The number of para-hydroxylation sites is 2. The largest absolute Gasteiger partial charge is 0.441 e. The number of nitrogens with zero attached hydrogens (tertiary/aromatic N) is 3. The van der Waals surface area contributed by atoms with Crippen LogP contribution >= 0.6 is 0 Å². The van der Waals surface area contributed by atoms with E-state index in [0.717, 1.165) is 62.6 Å². The quantitative estimate of drug-likeness (QED) is 0.817. The van der Waals surface area contributed by atoms with E-state index in [1.54, 1.807) is 0 Å². The van der Waals surface area contributed by atoms with Crippen molar-refractivity contribution < 1.29 is 9.15 Å². The van der Waals surface area contributed by atoms with Gasteiger partial charge in [-0.1, -0.05) is 12.1 Å². The zero-order chi connectivity index (χ0) is 15.4. The van der Waals surface area contributed by atoms with Gasteiger partial charge in [0.05, 0.1) is 12.7 Å². The molecule has 0 aliphatic carbocycles. The molecule has 0 amide bonds. The molecule has 2 heterocycles. The third-order valence-corrected chi connectivity index (χ3v) is 3.99. The van der Waals surface area contributed by atoms with Gasteiger partial charge in [0.15, 0.2) is 11.5 Å². The molecule has 1 aromatic carbocycles. The summed E-state index contributed by atoms with van der Waals surface area (Å²) in [6.07, 6.45) is 2.29. The molecule has 0 spiro atoms. The molecule has 22 heavy (non-hydrogen) atoms.